The van der Waals surface area contributed by atoms with E-state index in [4.69, 9.17) is 10.2 Å². The molecule has 0 saturated carbocycles. The van der Waals surface area contributed by atoms with Crippen molar-refractivity contribution < 1.29 is 17.9 Å². The molecule has 0 spiro atoms. The number of carboxylic acids is 1. The van der Waals surface area contributed by atoms with Crippen molar-refractivity contribution in [2.75, 3.05) is 6.61 Å². The minimum absolute atomic E-state index is 0. The van der Waals surface area contributed by atoms with E-state index in [1.165, 1.54) is 0 Å². The third-order valence-electron chi connectivity index (χ3n) is 0.549. The van der Waals surface area contributed by atoms with Crippen LogP contribution in [-0.2, 0) is 4.79 Å². The second kappa shape index (κ2) is 7.69. The average molecular weight is 146 g/mol. The molecule has 46 valence electrons. The minimum atomic E-state index is -0.853. The summed E-state index contributed by atoms with van der Waals surface area (Å²) in [5.74, 6) is -0.853. The molecule has 0 rings (SSSR count). The van der Waals surface area contributed by atoms with Gasteiger partial charge in [0, 0.05) is 13.0 Å². The zero-order valence-corrected chi connectivity index (χ0v) is 6.84. The molecule has 8 heavy (non-hydrogen) atoms. The number of hydrogen-bond donors (Lipinski definition) is 2. The number of hydrogen-bond acceptors (Lipinski definition) is 2. The van der Waals surface area contributed by atoms with Crippen LogP contribution < -0.4 is 0 Å². The van der Waals surface area contributed by atoms with Crippen molar-refractivity contribution in [2.45, 2.75) is 12.8 Å². The Labute approximate surface area is 80.7 Å². The standard InChI is InChI=1S/C4H8O3.Ca.2H/c5-3-1-2-4(6)7;;;/h5H,1-3H2,(H,6,7);;;/q;+2;2*-1. The predicted molar refractivity (Wildman–Crippen MR) is 31.9 cm³/mol. The smallest absolute Gasteiger partial charge is 1.00 e. The van der Waals surface area contributed by atoms with Gasteiger partial charge in [-0.25, -0.2) is 0 Å². The van der Waals surface area contributed by atoms with Gasteiger partial charge in [-0.15, -0.1) is 0 Å². The van der Waals surface area contributed by atoms with E-state index in [1.54, 1.807) is 0 Å². The van der Waals surface area contributed by atoms with Crippen LogP contribution in [0.15, 0.2) is 0 Å². The number of rotatable bonds is 3. The van der Waals surface area contributed by atoms with E-state index in [-0.39, 0.29) is 53.6 Å². The predicted octanol–water partition coefficient (Wildman–Crippen LogP) is -0.312. The molecule has 0 bridgehead atoms. The summed E-state index contributed by atoms with van der Waals surface area (Å²) in [5.41, 5.74) is 0. The van der Waals surface area contributed by atoms with Crippen LogP contribution >= 0.6 is 0 Å². The fraction of sp³-hybridized carbons (Fsp3) is 0.750. The second-order valence-electron chi connectivity index (χ2n) is 1.22. The molecule has 0 fully saturated rings. The molecular formula is C4H10CaO3. The molecule has 0 unspecified atom stereocenters. The Morgan fingerprint density at radius 2 is 2.12 bits per heavy atom. The van der Waals surface area contributed by atoms with Crippen LogP contribution in [0, 0.1) is 0 Å². The van der Waals surface area contributed by atoms with E-state index in [0.29, 0.717) is 6.42 Å². The molecule has 0 saturated heterocycles. The Morgan fingerprint density at radius 3 is 2.25 bits per heavy atom. The van der Waals surface area contributed by atoms with Crippen molar-refractivity contribution >= 4 is 43.7 Å². The van der Waals surface area contributed by atoms with Gasteiger partial charge in [-0.3, -0.25) is 4.79 Å². The first kappa shape index (κ1) is 11.5. The van der Waals surface area contributed by atoms with Gasteiger partial charge < -0.3 is 13.1 Å². The van der Waals surface area contributed by atoms with Crippen molar-refractivity contribution in [3.05, 3.63) is 0 Å². The summed E-state index contributed by atoms with van der Waals surface area (Å²) in [5, 5.41) is 16.0. The SMILES string of the molecule is O=C(O)CCCO.[Ca+2].[H-].[H-]. The molecule has 0 atom stereocenters. The molecule has 4 heteroatoms. The fourth-order valence-corrected chi connectivity index (χ4v) is 0.230. The second-order valence-corrected chi connectivity index (χ2v) is 1.22. The van der Waals surface area contributed by atoms with Gasteiger partial charge in [-0.1, -0.05) is 0 Å². The van der Waals surface area contributed by atoms with E-state index in [0.717, 1.165) is 0 Å². The summed E-state index contributed by atoms with van der Waals surface area (Å²) in [6.07, 6.45) is 0.422. The van der Waals surface area contributed by atoms with Gasteiger partial charge in [0.2, 0.25) is 0 Å². The first-order chi connectivity index (χ1) is 3.27. The maximum atomic E-state index is 9.65. The van der Waals surface area contributed by atoms with Gasteiger partial charge in [-0.05, 0) is 6.42 Å². The first-order valence-corrected chi connectivity index (χ1v) is 2.10. The van der Waals surface area contributed by atoms with Crippen LogP contribution in [0.3, 0.4) is 0 Å². The molecule has 0 aromatic carbocycles. The van der Waals surface area contributed by atoms with E-state index in [1.807, 2.05) is 0 Å². The number of aliphatic hydroxyl groups excluding tert-OH is 1. The van der Waals surface area contributed by atoms with Crippen LogP contribution in [0.5, 0.6) is 0 Å². The minimum Gasteiger partial charge on any atom is -1.00 e. The average Bonchev–Trinajstić information content (AvgIpc) is 1.61. The van der Waals surface area contributed by atoms with Crippen LogP contribution in [0.4, 0.5) is 0 Å². The van der Waals surface area contributed by atoms with Crippen molar-refractivity contribution in [1.29, 1.82) is 0 Å². The zero-order chi connectivity index (χ0) is 5.70. The van der Waals surface area contributed by atoms with Gasteiger partial charge >= 0.3 is 43.7 Å². The Balaban J connectivity index is -0.0000000600. The van der Waals surface area contributed by atoms with Gasteiger partial charge in [0.05, 0.1) is 0 Å². The molecule has 2 N–H and O–H groups in total. The monoisotopic (exact) mass is 146 g/mol. The van der Waals surface area contributed by atoms with E-state index in [9.17, 15) is 4.79 Å². The van der Waals surface area contributed by atoms with Gasteiger partial charge in [0.1, 0.15) is 0 Å². The summed E-state index contributed by atoms with van der Waals surface area (Å²) >= 11 is 0. The number of carboxylic acid groups (broad SMARTS) is 1. The summed E-state index contributed by atoms with van der Waals surface area (Å²) in [4.78, 5) is 9.65. The summed E-state index contributed by atoms with van der Waals surface area (Å²) in [6.45, 7) is -0.0354. The number of aliphatic carboxylic acids is 1. The van der Waals surface area contributed by atoms with Crippen molar-refractivity contribution in [1.82, 2.24) is 0 Å². The first-order valence-electron chi connectivity index (χ1n) is 2.10. The number of aliphatic hydroxyl groups is 1. The largest absolute Gasteiger partial charge is 2.00 e. The summed E-state index contributed by atoms with van der Waals surface area (Å²) in [6, 6.07) is 0. The Hall–Kier alpha value is 0.690. The van der Waals surface area contributed by atoms with Crippen LogP contribution in [-0.4, -0.2) is 60.5 Å². The maximum Gasteiger partial charge on any atom is 2.00 e. The fourth-order valence-electron chi connectivity index (χ4n) is 0.230. The van der Waals surface area contributed by atoms with Crippen molar-refractivity contribution in [3.63, 3.8) is 0 Å². The molecule has 0 aliphatic carbocycles. The Morgan fingerprint density at radius 1 is 1.62 bits per heavy atom. The van der Waals surface area contributed by atoms with Gasteiger partial charge in [0.25, 0.3) is 0 Å². The summed E-state index contributed by atoms with van der Waals surface area (Å²) in [7, 11) is 0. The molecule has 0 amide bonds. The number of carbonyl (C=O) groups is 1. The van der Waals surface area contributed by atoms with Crippen LogP contribution in [0.2, 0.25) is 0 Å². The van der Waals surface area contributed by atoms with E-state index in [2.05, 4.69) is 0 Å². The zero-order valence-electron chi connectivity index (χ0n) is 6.63. The van der Waals surface area contributed by atoms with Crippen molar-refractivity contribution in [3.8, 4) is 0 Å². The third kappa shape index (κ3) is 9.85. The Bertz CT molecular complexity index is 71.5. The molecule has 0 heterocycles. The van der Waals surface area contributed by atoms with Gasteiger partial charge in [-0.2, -0.15) is 0 Å². The summed E-state index contributed by atoms with van der Waals surface area (Å²) < 4.78 is 0. The van der Waals surface area contributed by atoms with E-state index >= 15 is 0 Å². The molecule has 0 aliphatic rings. The third-order valence-corrected chi connectivity index (χ3v) is 0.549. The molecule has 3 nitrogen and oxygen atoms in total. The Kier molecular flexibility index (Phi) is 11.0. The maximum absolute atomic E-state index is 9.65. The quantitative estimate of drug-likeness (QED) is 0.537. The molecule has 0 aromatic heterocycles. The molecular weight excluding hydrogens is 136 g/mol. The van der Waals surface area contributed by atoms with Crippen molar-refractivity contribution in [2.24, 2.45) is 0 Å². The molecule has 0 aromatic rings. The van der Waals surface area contributed by atoms with Crippen LogP contribution in [0.1, 0.15) is 15.7 Å². The molecule has 0 radical (unpaired) electrons. The van der Waals surface area contributed by atoms with Crippen LogP contribution in [0.25, 0.3) is 0 Å². The van der Waals surface area contributed by atoms with E-state index < -0.39 is 5.97 Å². The van der Waals surface area contributed by atoms with Gasteiger partial charge in [0.15, 0.2) is 0 Å². The molecule has 0 aliphatic heterocycles. The topological polar surface area (TPSA) is 57.5 Å². The normalized spacial score (nSPS) is 7.62.